The number of alkyl halides is 3. The summed E-state index contributed by atoms with van der Waals surface area (Å²) in [7, 11) is 1.76. The van der Waals surface area contributed by atoms with Crippen LogP contribution in [0.3, 0.4) is 0 Å². The smallest absolute Gasteiger partial charge is 0.388 e. The van der Waals surface area contributed by atoms with Gasteiger partial charge < -0.3 is 15.1 Å². The third-order valence-corrected chi connectivity index (χ3v) is 6.42. The zero-order valence-electron chi connectivity index (χ0n) is 20.0. The SMILES string of the molecule is CNc1cccc(C(=O)N2CC(=O)N(Cc3cccc(C(F)(F)F)c3)[C@@H](CCc3ccccc3)C2)c1. The van der Waals surface area contributed by atoms with Crippen molar-refractivity contribution < 1.29 is 22.8 Å². The largest absolute Gasteiger partial charge is 0.416 e. The quantitative estimate of drug-likeness (QED) is 0.488. The van der Waals surface area contributed by atoms with Crippen LogP contribution in [0.25, 0.3) is 0 Å². The molecule has 1 fully saturated rings. The second kappa shape index (κ2) is 10.8. The van der Waals surface area contributed by atoms with E-state index >= 15 is 0 Å². The molecule has 1 aliphatic heterocycles. The molecular formula is C28H28F3N3O2. The summed E-state index contributed by atoms with van der Waals surface area (Å²) in [5, 5.41) is 3.00. The molecule has 0 unspecified atom stereocenters. The Morgan fingerprint density at radius 2 is 1.69 bits per heavy atom. The van der Waals surface area contributed by atoms with Crippen molar-refractivity contribution in [2.24, 2.45) is 0 Å². The molecule has 1 saturated heterocycles. The Labute approximate surface area is 208 Å². The van der Waals surface area contributed by atoms with Gasteiger partial charge in [0, 0.05) is 31.4 Å². The van der Waals surface area contributed by atoms with Crippen LogP contribution in [0, 0.1) is 0 Å². The van der Waals surface area contributed by atoms with Gasteiger partial charge in [0.15, 0.2) is 0 Å². The Morgan fingerprint density at radius 1 is 0.972 bits per heavy atom. The Bertz CT molecular complexity index is 1210. The van der Waals surface area contributed by atoms with Crippen molar-refractivity contribution >= 4 is 17.5 Å². The third kappa shape index (κ3) is 6.05. The van der Waals surface area contributed by atoms with E-state index in [2.05, 4.69) is 5.32 Å². The number of anilines is 1. The lowest BCUT2D eigenvalue weighted by Gasteiger charge is -2.41. The maximum Gasteiger partial charge on any atom is 0.416 e. The molecule has 8 heteroatoms. The molecule has 0 spiro atoms. The molecule has 1 heterocycles. The number of halogens is 3. The Kier molecular flexibility index (Phi) is 7.62. The average molecular weight is 496 g/mol. The molecule has 1 N–H and O–H groups in total. The van der Waals surface area contributed by atoms with Gasteiger partial charge in [0.25, 0.3) is 5.91 Å². The van der Waals surface area contributed by atoms with E-state index in [4.69, 9.17) is 0 Å². The first kappa shape index (κ1) is 25.3. The van der Waals surface area contributed by atoms with Crippen molar-refractivity contribution in [3.63, 3.8) is 0 Å². The second-order valence-electron chi connectivity index (χ2n) is 8.91. The number of rotatable bonds is 7. The Hall–Kier alpha value is -3.81. The molecule has 0 aromatic heterocycles. The molecule has 36 heavy (non-hydrogen) atoms. The summed E-state index contributed by atoms with van der Waals surface area (Å²) in [5.74, 6) is -0.529. The van der Waals surface area contributed by atoms with Gasteiger partial charge in [-0.3, -0.25) is 9.59 Å². The molecule has 3 aromatic rings. The van der Waals surface area contributed by atoms with Crippen molar-refractivity contribution in [2.75, 3.05) is 25.5 Å². The lowest BCUT2D eigenvalue weighted by molar-refractivity contribution is -0.139. The first-order chi connectivity index (χ1) is 17.2. The van der Waals surface area contributed by atoms with Crippen molar-refractivity contribution in [2.45, 2.75) is 31.6 Å². The van der Waals surface area contributed by atoms with E-state index < -0.39 is 11.7 Å². The zero-order chi connectivity index (χ0) is 25.7. The predicted molar refractivity (Wildman–Crippen MR) is 132 cm³/mol. The van der Waals surface area contributed by atoms with Crippen LogP contribution in [0.2, 0.25) is 0 Å². The summed E-state index contributed by atoms with van der Waals surface area (Å²) in [4.78, 5) is 29.7. The molecule has 3 aromatic carbocycles. The van der Waals surface area contributed by atoms with E-state index in [-0.39, 0.29) is 30.9 Å². The van der Waals surface area contributed by atoms with Gasteiger partial charge >= 0.3 is 6.18 Å². The van der Waals surface area contributed by atoms with Crippen molar-refractivity contribution in [3.05, 3.63) is 101 Å². The molecule has 0 saturated carbocycles. The standard InChI is InChI=1S/C28H28F3N3O2/c1-32-24-12-6-10-22(16-24)27(36)33-18-25(14-13-20-7-3-2-4-8-20)34(26(35)19-33)17-21-9-5-11-23(15-21)28(29,30)31/h2-12,15-16,25,32H,13-14,17-19H2,1H3/t25-/m0/s1. The minimum Gasteiger partial charge on any atom is -0.388 e. The summed E-state index contributed by atoms with van der Waals surface area (Å²) >= 11 is 0. The number of nitrogens with zero attached hydrogens (tertiary/aromatic N) is 2. The highest BCUT2D eigenvalue weighted by atomic mass is 19.4. The normalized spacial score (nSPS) is 16.2. The molecule has 0 radical (unpaired) electrons. The van der Waals surface area contributed by atoms with Crippen LogP contribution < -0.4 is 5.32 Å². The molecule has 5 nitrogen and oxygen atoms in total. The van der Waals surface area contributed by atoms with Gasteiger partial charge in [-0.1, -0.05) is 48.5 Å². The minimum atomic E-state index is -4.46. The number of benzene rings is 3. The highest BCUT2D eigenvalue weighted by molar-refractivity contribution is 5.97. The van der Waals surface area contributed by atoms with Crippen LogP contribution in [0.4, 0.5) is 18.9 Å². The van der Waals surface area contributed by atoms with Crippen LogP contribution >= 0.6 is 0 Å². The highest BCUT2D eigenvalue weighted by Crippen LogP contribution is 2.30. The molecule has 2 amide bonds. The van der Waals surface area contributed by atoms with Crippen LogP contribution in [0.15, 0.2) is 78.9 Å². The highest BCUT2D eigenvalue weighted by Gasteiger charge is 2.36. The molecule has 1 atom stereocenters. The molecular weight excluding hydrogens is 467 g/mol. The van der Waals surface area contributed by atoms with Gasteiger partial charge in [-0.2, -0.15) is 13.2 Å². The predicted octanol–water partition coefficient (Wildman–Crippen LogP) is 5.23. The summed E-state index contributed by atoms with van der Waals surface area (Å²) in [6.45, 7) is 0.239. The summed E-state index contributed by atoms with van der Waals surface area (Å²) < 4.78 is 39.7. The topological polar surface area (TPSA) is 52.7 Å². The molecule has 0 aliphatic carbocycles. The number of piperazine rings is 1. The molecule has 4 rings (SSSR count). The van der Waals surface area contributed by atoms with Gasteiger partial charge in [-0.15, -0.1) is 0 Å². The first-order valence-corrected chi connectivity index (χ1v) is 11.8. The Morgan fingerprint density at radius 3 is 2.42 bits per heavy atom. The van der Waals surface area contributed by atoms with Crippen LogP contribution in [-0.4, -0.2) is 47.8 Å². The van der Waals surface area contributed by atoms with E-state index in [1.807, 2.05) is 36.4 Å². The fourth-order valence-corrected chi connectivity index (χ4v) is 4.51. The van der Waals surface area contributed by atoms with Crippen LogP contribution in [0.1, 0.15) is 33.5 Å². The van der Waals surface area contributed by atoms with Gasteiger partial charge in [-0.25, -0.2) is 0 Å². The monoisotopic (exact) mass is 495 g/mol. The second-order valence-corrected chi connectivity index (χ2v) is 8.91. The lowest BCUT2D eigenvalue weighted by Crippen LogP contribution is -2.57. The van der Waals surface area contributed by atoms with Crippen LogP contribution in [-0.2, 0) is 23.9 Å². The number of hydrogen-bond donors (Lipinski definition) is 1. The fourth-order valence-electron chi connectivity index (χ4n) is 4.51. The maximum atomic E-state index is 13.3. The minimum absolute atomic E-state index is 0.0550. The van der Waals surface area contributed by atoms with Crippen LogP contribution in [0.5, 0.6) is 0 Å². The van der Waals surface area contributed by atoms with Gasteiger partial charge in [0.2, 0.25) is 5.91 Å². The molecule has 1 aliphatic rings. The molecule has 188 valence electrons. The summed E-state index contributed by atoms with van der Waals surface area (Å²) in [6, 6.07) is 21.6. The number of carbonyl (C=O) groups is 2. The number of carbonyl (C=O) groups excluding carboxylic acids is 2. The first-order valence-electron chi connectivity index (χ1n) is 11.8. The summed E-state index contributed by atoms with van der Waals surface area (Å²) in [6.07, 6.45) is -3.20. The average Bonchev–Trinajstić information content (AvgIpc) is 2.88. The van der Waals surface area contributed by atoms with E-state index in [0.29, 0.717) is 30.5 Å². The zero-order valence-corrected chi connectivity index (χ0v) is 20.0. The number of hydrogen-bond acceptors (Lipinski definition) is 3. The fraction of sp³-hybridized carbons (Fsp3) is 0.286. The number of aryl methyl sites for hydroxylation is 1. The number of amides is 2. The summed E-state index contributed by atoms with van der Waals surface area (Å²) in [5.41, 5.74) is 2.02. The Balaban J connectivity index is 1.57. The van der Waals surface area contributed by atoms with Crippen molar-refractivity contribution in [1.29, 1.82) is 0 Å². The number of nitrogens with one attached hydrogen (secondary N) is 1. The lowest BCUT2D eigenvalue weighted by atomic mass is 9.99. The van der Waals surface area contributed by atoms with E-state index in [1.54, 1.807) is 36.2 Å². The molecule has 0 bridgehead atoms. The maximum absolute atomic E-state index is 13.3. The van der Waals surface area contributed by atoms with E-state index in [1.165, 1.54) is 11.0 Å². The third-order valence-electron chi connectivity index (χ3n) is 6.42. The van der Waals surface area contributed by atoms with Gasteiger partial charge in [0.1, 0.15) is 6.54 Å². The van der Waals surface area contributed by atoms with Crippen molar-refractivity contribution in [1.82, 2.24) is 9.80 Å². The van der Waals surface area contributed by atoms with Gasteiger partial charge in [0.05, 0.1) is 11.6 Å². The van der Waals surface area contributed by atoms with E-state index in [9.17, 15) is 22.8 Å². The van der Waals surface area contributed by atoms with Crippen molar-refractivity contribution in [3.8, 4) is 0 Å². The van der Waals surface area contributed by atoms with E-state index in [0.717, 1.165) is 23.4 Å². The van der Waals surface area contributed by atoms with Gasteiger partial charge in [-0.05, 0) is 54.3 Å².